The molecule has 2 heterocycles. The van der Waals surface area contributed by atoms with E-state index in [0.717, 1.165) is 16.0 Å². The molecule has 3 rings (SSSR count). The highest BCUT2D eigenvalue weighted by Gasteiger charge is 2.20. The highest BCUT2D eigenvalue weighted by atomic mass is 32.1. The van der Waals surface area contributed by atoms with E-state index in [2.05, 4.69) is 0 Å². The molecule has 0 saturated heterocycles. The molecule has 0 radical (unpaired) electrons. The fraction of sp³-hybridized carbons (Fsp3) is 0.0909. The van der Waals surface area contributed by atoms with Crippen LogP contribution in [0.15, 0.2) is 29.6 Å². The summed E-state index contributed by atoms with van der Waals surface area (Å²) in [4.78, 5) is 1.13. The molecule has 0 aliphatic carbocycles. The minimum Gasteiger partial charge on any atom is -0.485 e. The highest BCUT2D eigenvalue weighted by Crippen LogP contribution is 2.41. The van der Waals surface area contributed by atoms with Crippen molar-refractivity contribution in [3.63, 3.8) is 0 Å². The molecule has 70 valence electrons. The Kier molecular flexibility index (Phi) is 1.61. The van der Waals surface area contributed by atoms with Crippen LogP contribution in [0.4, 0.5) is 4.39 Å². The lowest BCUT2D eigenvalue weighted by atomic mass is 10.1. The Labute approximate surface area is 84.8 Å². The third-order valence-corrected chi connectivity index (χ3v) is 3.32. The molecule has 14 heavy (non-hydrogen) atoms. The first kappa shape index (κ1) is 8.00. The lowest BCUT2D eigenvalue weighted by Crippen LogP contribution is -2.04. The molecule has 1 aromatic heterocycles. The summed E-state index contributed by atoms with van der Waals surface area (Å²) in [5.41, 5.74) is 2.02. The van der Waals surface area contributed by atoms with Gasteiger partial charge in [0, 0.05) is 16.0 Å². The summed E-state index contributed by atoms with van der Waals surface area (Å²) >= 11 is 1.63. The quantitative estimate of drug-likeness (QED) is 0.641. The van der Waals surface area contributed by atoms with E-state index in [9.17, 15) is 4.39 Å². The zero-order valence-electron chi connectivity index (χ0n) is 7.29. The van der Waals surface area contributed by atoms with Crippen molar-refractivity contribution in [2.75, 3.05) is 0 Å². The average molecular weight is 206 g/mol. The monoisotopic (exact) mass is 206 g/mol. The van der Waals surface area contributed by atoms with Crippen LogP contribution in [0.1, 0.15) is 5.56 Å². The maximum atomic E-state index is 13.4. The number of benzene rings is 1. The molecule has 0 atom stereocenters. The number of ether oxygens (including phenoxy) is 1. The maximum Gasteiger partial charge on any atom is 0.165 e. The molecule has 3 heteroatoms. The predicted molar refractivity (Wildman–Crippen MR) is 54.0 cm³/mol. The Bertz CT molecular complexity index is 490. The van der Waals surface area contributed by atoms with Crippen molar-refractivity contribution in [3.8, 4) is 16.2 Å². The topological polar surface area (TPSA) is 9.23 Å². The van der Waals surface area contributed by atoms with Crippen molar-refractivity contribution in [1.29, 1.82) is 0 Å². The first-order valence-electron chi connectivity index (χ1n) is 4.34. The number of rotatable bonds is 0. The van der Waals surface area contributed by atoms with E-state index < -0.39 is 0 Å². The Hall–Kier alpha value is -1.35. The molecular formula is C11H7FOS. The Balaban J connectivity index is 2.31. The normalized spacial score (nSPS) is 12.9. The largest absolute Gasteiger partial charge is 0.485 e. The van der Waals surface area contributed by atoms with Crippen LogP contribution in [-0.2, 0) is 6.61 Å². The third kappa shape index (κ3) is 0.990. The van der Waals surface area contributed by atoms with E-state index >= 15 is 0 Å². The van der Waals surface area contributed by atoms with Crippen molar-refractivity contribution in [3.05, 3.63) is 41.0 Å². The molecule has 0 unspecified atom stereocenters. The summed E-state index contributed by atoms with van der Waals surface area (Å²) in [7, 11) is 0. The van der Waals surface area contributed by atoms with Crippen molar-refractivity contribution < 1.29 is 9.13 Å². The molecule has 0 amide bonds. The van der Waals surface area contributed by atoms with Gasteiger partial charge >= 0.3 is 0 Å². The zero-order valence-corrected chi connectivity index (χ0v) is 8.10. The van der Waals surface area contributed by atoms with Crippen molar-refractivity contribution in [2.24, 2.45) is 0 Å². The predicted octanol–water partition coefficient (Wildman–Crippen LogP) is 3.45. The number of thiophene rings is 1. The van der Waals surface area contributed by atoms with Gasteiger partial charge in [0.1, 0.15) is 6.61 Å². The van der Waals surface area contributed by atoms with Crippen LogP contribution in [-0.4, -0.2) is 0 Å². The molecular weight excluding hydrogens is 199 g/mol. The van der Waals surface area contributed by atoms with E-state index in [1.807, 2.05) is 17.5 Å². The summed E-state index contributed by atoms with van der Waals surface area (Å²) in [6, 6.07) is 7.06. The smallest absolute Gasteiger partial charge is 0.165 e. The Morgan fingerprint density at radius 3 is 3.14 bits per heavy atom. The second-order valence-electron chi connectivity index (χ2n) is 3.18. The van der Waals surface area contributed by atoms with Gasteiger partial charge in [-0.2, -0.15) is 0 Å². The molecule has 0 spiro atoms. The standard InChI is InChI=1S/C11H7FOS/c12-9-3-1-2-8-10(9)13-6-7-4-5-14-11(7)8/h1-5H,6H2. The van der Waals surface area contributed by atoms with Gasteiger partial charge in [-0.15, -0.1) is 11.3 Å². The number of fused-ring (bicyclic) bond motifs is 3. The van der Waals surface area contributed by atoms with Crippen LogP contribution >= 0.6 is 11.3 Å². The fourth-order valence-electron chi connectivity index (χ4n) is 1.67. The van der Waals surface area contributed by atoms with Crippen LogP contribution in [0.2, 0.25) is 0 Å². The minimum atomic E-state index is -0.276. The Morgan fingerprint density at radius 1 is 1.29 bits per heavy atom. The third-order valence-electron chi connectivity index (χ3n) is 2.33. The van der Waals surface area contributed by atoms with Gasteiger partial charge in [-0.25, -0.2) is 4.39 Å². The SMILES string of the molecule is Fc1cccc2c1OCc1ccsc1-2. The van der Waals surface area contributed by atoms with Gasteiger partial charge in [-0.1, -0.05) is 6.07 Å². The van der Waals surface area contributed by atoms with Gasteiger partial charge in [0.15, 0.2) is 11.6 Å². The molecule has 1 aliphatic heterocycles. The fourth-order valence-corrected chi connectivity index (χ4v) is 2.60. The van der Waals surface area contributed by atoms with E-state index in [-0.39, 0.29) is 5.82 Å². The van der Waals surface area contributed by atoms with Crippen LogP contribution in [0, 0.1) is 5.82 Å². The number of hydrogen-bond donors (Lipinski definition) is 0. The van der Waals surface area contributed by atoms with E-state index in [1.165, 1.54) is 6.07 Å². The Morgan fingerprint density at radius 2 is 2.21 bits per heavy atom. The summed E-state index contributed by atoms with van der Waals surface area (Å²) in [6.45, 7) is 0.479. The van der Waals surface area contributed by atoms with Crippen LogP contribution in [0.25, 0.3) is 10.4 Å². The maximum absolute atomic E-state index is 13.4. The lowest BCUT2D eigenvalue weighted by Gasteiger charge is -2.17. The van der Waals surface area contributed by atoms with E-state index in [1.54, 1.807) is 17.4 Å². The summed E-state index contributed by atoms with van der Waals surface area (Å²) in [5, 5.41) is 2.01. The highest BCUT2D eigenvalue weighted by molar-refractivity contribution is 7.13. The molecule has 2 aromatic rings. The van der Waals surface area contributed by atoms with E-state index in [4.69, 9.17) is 4.74 Å². The molecule has 0 fully saturated rings. The van der Waals surface area contributed by atoms with Crippen LogP contribution in [0.5, 0.6) is 5.75 Å². The molecule has 1 aromatic carbocycles. The average Bonchev–Trinajstić information content (AvgIpc) is 2.66. The summed E-state index contributed by atoms with van der Waals surface area (Å²) < 4.78 is 18.7. The first-order chi connectivity index (χ1) is 6.86. The molecule has 0 saturated carbocycles. The van der Waals surface area contributed by atoms with Crippen molar-refractivity contribution in [2.45, 2.75) is 6.61 Å². The van der Waals surface area contributed by atoms with Crippen molar-refractivity contribution in [1.82, 2.24) is 0 Å². The second-order valence-corrected chi connectivity index (χ2v) is 4.10. The van der Waals surface area contributed by atoms with Gasteiger partial charge in [0.2, 0.25) is 0 Å². The van der Waals surface area contributed by atoms with Crippen molar-refractivity contribution >= 4 is 11.3 Å². The molecule has 1 nitrogen and oxygen atoms in total. The number of halogens is 1. The van der Waals surface area contributed by atoms with Crippen LogP contribution in [0.3, 0.4) is 0 Å². The first-order valence-corrected chi connectivity index (χ1v) is 5.22. The minimum absolute atomic E-state index is 0.276. The van der Waals surface area contributed by atoms with Gasteiger partial charge in [-0.05, 0) is 23.6 Å². The van der Waals surface area contributed by atoms with Gasteiger partial charge in [0.25, 0.3) is 0 Å². The van der Waals surface area contributed by atoms with Gasteiger partial charge in [0.05, 0.1) is 0 Å². The zero-order chi connectivity index (χ0) is 9.54. The summed E-state index contributed by atoms with van der Waals surface area (Å²) in [5.74, 6) is 0.115. The second kappa shape index (κ2) is 2.82. The summed E-state index contributed by atoms with van der Waals surface area (Å²) in [6.07, 6.45) is 0. The van der Waals surface area contributed by atoms with E-state index in [0.29, 0.717) is 12.4 Å². The molecule has 0 N–H and O–H groups in total. The number of para-hydroxylation sites is 1. The lowest BCUT2D eigenvalue weighted by molar-refractivity contribution is 0.287. The number of hydrogen-bond acceptors (Lipinski definition) is 2. The van der Waals surface area contributed by atoms with Crippen LogP contribution < -0.4 is 4.74 Å². The van der Waals surface area contributed by atoms with Gasteiger partial charge in [-0.3, -0.25) is 0 Å². The molecule has 1 aliphatic rings. The van der Waals surface area contributed by atoms with Gasteiger partial charge < -0.3 is 4.74 Å². The molecule has 0 bridgehead atoms.